The molecule has 2 aromatic carbocycles. The molecule has 0 spiro atoms. The van der Waals surface area contributed by atoms with E-state index in [1.165, 1.54) is 29.1 Å². The van der Waals surface area contributed by atoms with Crippen LogP contribution in [0.15, 0.2) is 53.6 Å². The summed E-state index contributed by atoms with van der Waals surface area (Å²) in [6, 6.07) is 11.3. The largest absolute Gasteiger partial charge is 0.497 e. The molecule has 0 aliphatic rings. The number of nitrogens with zero attached hydrogens (tertiary/aromatic N) is 3. The van der Waals surface area contributed by atoms with E-state index in [0.717, 1.165) is 11.5 Å². The van der Waals surface area contributed by atoms with Gasteiger partial charge in [0.1, 0.15) is 11.5 Å². The van der Waals surface area contributed by atoms with E-state index in [2.05, 4.69) is 4.98 Å². The van der Waals surface area contributed by atoms with Crippen molar-refractivity contribution in [1.82, 2.24) is 9.55 Å². The zero-order chi connectivity index (χ0) is 18.5. The summed E-state index contributed by atoms with van der Waals surface area (Å²) in [5.74, 6) is 1.48. The van der Waals surface area contributed by atoms with Gasteiger partial charge in [0, 0.05) is 18.7 Å². The summed E-state index contributed by atoms with van der Waals surface area (Å²) in [6.45, 7) is 0.881. The molecule has 1 aromatic heterocycles. The maximum atomic E-state index is 12.4. The van der Waals surface area contributed by atoms with Crippen LogP contribution in [0, 0.1) is 10.1 Å². The van der Waals surface area contributed by atoms with Gasteiger partial charge < -0.3 is 9.47 Å². The molecule has 26 heavy (non-hydrogen) atoms. The molecule has 134 valence electrons. The van der Waals surface area contributed by atoms with Crippen molar-refractivity contribution < 1.29 is 14.4 Å². The number of hydrogen-bond donors (Lipinski definition) is 0. The minimum absolute atomic E-state index is 0.0879. The van der Waals surface area contributed by atoms with Crippen LogP contribution >= 0.6 is 0 Å². The van der Waals surface area contributed by atoms with Crippen LogP contribution in [-0.4, -0.2) is 28.2 Å². The molecule has 0 N–H and O–H groups in total. The average Bonchev–Trinajstić information content (AvgIpc) is 2.67. The molecule has 0 atom stereocenters. The fraction of sp³-hybridized carbons (Fsp3) is 0.222. The first-order valence-corrected chi connectivity index (χ1v) is 7.99. The van der Waals surface area contributed by atoms with Crippen molar-refractivity contribution in [2.45, 2.75) is 13.0 Å². The Morgan fingerprint density at radius 3 is 2.58 bits per heavy atom. The Morgan fingerprint density at radius 1 is 1.15 bits per heavy atom. The number of fused-ring (bicyclic) bond motifs is 1. The van der Waals surface area contributed by atoms with Crippen molar-refractivity contribution in [2.24, 2.45) is 0 Å². The number of aromatic nitrogens is 2. The molecule has 8 nitrogen and oxygen atoms in total. The van der Waals surface area contributed by atoms with Crippen LogP contribution in [-0.2, 0) is 6.54 Å². The summed E-state index contributed by atoms with van der Waals surface area (Å²) in [7, 11) is 1.60. The van der Waals surface area contributed by atoms with E-state index >= 15 is 0 Å². The van der Waals surface area contributed by atoms with Crippen LogP contribution in [0.4, 0.5) is 5.69 Å². The topological polar surface area (TPSA) is 96.5 Å². The third kappa shape index (κ3) is 3.80. The highest BCUT2D eigenvalue weighted by molar-refractivity contribution is 5.79. The van der Waals surface area contributed by atoms with E-state index in [1.807, 2.05) is 24.3 Å². The first-order valence-electron chi connectivity index (χ1n) is 7.99. The molecule has 3 rings (SSSR count). The highest BCUT2D eigenvalue weighted by Gasteiger charge is 2.10. The monoisotopic (exact) mass is 355 g/mol. The molecule has 0 bridgehead atoms. The predicted octanol–water partition coefficient (Wildman–Crippen LogP) is 2.78. The van der Waals surface area contributed by atoms with Gasteiger partial charge in [-0.3, -0.25) is 19.5 Å². The molecule has 0 saturated carbocycles. The van der Waals surface area contributed by atoms with Crippen LogP contribution in [0.5, 0.6) is 11.5 Å². The van der Waals surface area contributed by atoms with E-state index in [4.69, 9.17) is 9.47 Å². The Kier molecular flexibility index (Phi) is 5.12. The second-order valence-electron chi connectivity index (χ2n) is 5.58. The van der Waals surface area contributed by atoms with Crippen molar-refractivity contribution in [3.05, 3.63) is 69.3 Å². The lowest BCUT2D eigenvalue weighted by Crippen LogP contribution is -2.21. The molecule has 0 saturated heterocycles. The van der Waals surface area contributed by atoms with Gasteiger partial charge in [0.25, 0.3) is 11.2 Å². The number of aryl methyl sites for hydroxylation is 1. The Balaban J connectivity index is 1.63. The van der Waals surface area contributed by atoms with Gasteiger partial charge in [-0.25, -0.2) is 4.98 Å². The Labute approximate surface area is 148 Å². The first-order chi connectivity index (χ1) is 12.6. The molecule has 0 unspecified atom stereocenters. The van der Waals surface area contributed by atoms with E-state index in [0.29, 0.717) is 30.5 Å². The van der Waals surface area contributed by atoms with Crippen molar-refractivity contribution in [2.75, 3.05) is 13.7 Å². The van der Waals surface area contributed by atoms with Crippen molar-refractivity contribution in [1.29, 1.82) is 0 Å². The smallest absolute Gasteiger partial charge is 0.271 e. The number of nitro groups is 1. The molecule has 3 aromatic rings. The summed E-state index contributed by atoms with van der Waals surface area (Å²) < 4.78 is 12.2. The van der Waals surface area contributed by atoms with Gasteiger partial charge in [-0.2, -0.15) is 0 Å². The van der Waals surface area contributed by atoms with E-state index in [9.17, 15) is 14.9 Å². The lowest BCUT2D eigenvalue weighted by Gasteiger charge is -2.09. The van der Waals surface area contributed by atoms with Crippen LogP contribution in [0.1, 0.15) is 6.42 Å². The highest BCUT2D eigenvalue weighted by Crippen LogP contribution is 2.18. The summed E-state index contributed by atoms with van der Waals surface area (Å²) in [6.07, 6.45) is 2.02. The normalized spacial score (nSPS) is 10.7. The summed E-state index contributed by atoms with van der Waals surface area (Å²) in [5, 5.41) is 11.2. The number of methoxy groups -OCH3 is 1. The molecule has 0 radical (unpaired) electrons. The molecular weight excluding hydrogens is 338 g/mol. The lowest BCUT2D eigenvalue weighted by molar-refractivity contribution is -0.384. The number of rotatable bonds is 7. The van der Waals surface area contributed by atoms with E-state index in [1.54, 1.807) is 7.11 Å². The van der Waals surface area contributed by atoms with Crippen molar-refractivity contribution >= 4 is 16.6 Å². The van der Waals surface area contributed by atoms with Gasteiger partial charge in [-0.05, 0) is 36.8 Å². The minimum Gasteiger partial charge on any atom is -0.497 e. The Morgan fingerprint density at radius 2 is 1.88 bits per heavy atom. The number of nitro benzene ring substituents is 1. The van der Waals surface area contributed by atoms with Gasteiger partial charge >= 0.3 is 0 Å². The molecule has 1 heterocycles. The fourth-order valence-electron chi connectivity index (χ4n) is 2.52. The number of non-ortho nitro benzene ring substituents is 1. The standard InChI is InChI=1S/C18H17N3O5/c1-25-14-4-6-15(7-5-14)26-10-2-9-20-12-19-17-11-13(21(23)24)3-8-16(17)18(20)22/h3-8,11-12H,2,9-10H2,1H3. The van der Waals surface area contributed by atoms with Crippen LogP contribution in [0.3, 0.4) is 0 Å². The second kappa shape index (κ2) is 7.64. The molecule has 0 fully saturated rings. The third-order valence-electron chi connectivity index (χ3n) is 3.89. The summed E-state index contributed by atoms with van der Waals surface area (Å²) >= 11 is 0. The molecule has 0 aliphatic heterocycles. The van der Waals surface area contributed by atoms with Gasteiger partial charge in [0.2, 0.25) is 0 Å². The second-order valence-corrected chi connectivity index (χ2v) is 5.58. The van der Waals surface area contributed by atoms with Gasteiger partial charge in [-0.1, -0.05) is 0 Å². The minimum atomic E-state index is -0.511. The lowest BCUT2D eigenvalue weighted by atomic mass is 10.2. The summed E-state index contributed by atoms with van der Waals surface area (Å²) in [4.78, 5) is 26.9. The Hall–Kier alpha value is -3.42. The SMILES string of the molecule is COc1ccc(OCCCn2cnc3cc([N+](=O)[O-])ccc3c2=O)cc1. The number of ether oxygens (including phenoxy) is 2. The van der Waals surface area contributed by atoms with E-state index < -0.39 is 4.92 Å². The van der Waals surface area contributed by atoms with Gasteiger partial charge in [0.15, 0.2) is 0 Å². The van der Waals surface area contributed by atoms with Crippen LogP contribution in [0.25, 0.3) is 10.9 Å². The number of hydrogen-bond acceptors (Lipinski definition) is 6. The number of benzene rings is 2. The van der Waals surface area contributed by atoms with Crippen molar-refractivity contribution in [3.8, 4) is 11.5 Å². The molecule has 8 heteroatoms. The third-order valence-corrected chi connectivity index (χ3v) is 3.89. The molecule has 0 aliphatic carbocycles. The van der Waals surface area contributed by atoms with Crippen LogP contribution in [0.2, 0.25) is 0 Å². The molecule has 0 amide bonds. The van der Waals surface area contributed by atoms with Crippen molar-refractivity contribution in [3.63, 3.8) is 0 Å². The maximum Gasteiger partial charge on any atom is 0.271 e. The summed E-state index contributed by atoms with van der Waals surface area (Å²) in [5.41, 5.74) is -0.000630. The van der Waals surface area contributed by atoms with Gasteiger partial charge in [0.05, 0.1) is 35.9 Å². The highest BCUT2D eigenvalue weighted by atomic mass is 16.6. The maximum absolute atomic E-state index is 12.4. The molecular formula is C18H17N3O5. The van der Waals surface area contributed by atoms with E-state index in [-0.39, 0.29) is 11.2 Å². The van der Waals surface area contributed by atoms with Crippen LogP contribution < -0.4 is 15.0 Å². The average molecular weight is 355 g/mol. The quantitative estimate of drug-likeness (QED) is 0.367. The first kappa shape index (κ1) is 17.4. The zero-order valence-corrected chi connectivity index (χ0v) is 14.1. The zero-order valence-electron chi connectivity index (χ0n) is 14.1. The fourth-order valence-corrected chi connectivity index (χ4v) is 2.52. The Bertz CT molecular complexity index is 982. The van der Waals surface area contributed by atoms with Gasteiger partial charge in [-0.15, -0.1) is 0 Å². The predicted molar refractivity (Wildman–Crippen MR) is 95.8 cm³/mol.